The highest BCUT2D eigenvalue weighted by Crippen LogP contribution is 2.22. The van der Waals surface area contributed by atoms with Crippen molar-refractivity contribution in [2.24, 2.45) is 0 Å². The summed E-state index contributed by atoms with van der Waals surface area (Å²) >= 11 is 0. The molecule has 0 unspecified atom stereocenters. The lowest BCUT2D eigenvalue weighted by atomic mass is 10.1. The number of hydrogen-bond acceptors (Lipinski definition) is 6. The van der Waals surface area contributed by atoms with Crippen LogP contribution in [0.15, 0.2) is 77.6 Å². The molecule has 1 saturated heterocycles. The van der Waals surface area contributed by atoms with Gasteiger partial charge >= 0.3 is 5.97 Å². The van der Waals surface area contributed by atoms with E-state index in [0.29, 0.717) is 35.5 Å². The molecular formula is C27H25FN4O3. The minimum atomic E-state index is -0.484. The number of methoxy groups -OCH3 is 1. The Bertz CT molecular complexity index is 1410. The molecule has 0 spiro atoms. The summed E-state index contributed by atoms with van der Waals surface area (Å²) in [5.41, 5.74) is 2.52. The molecule has 0 bridgehead atoms. The Kier molecular flexibility index (Phi) is 6.18. The molecule has 0 aliphatic carbocycles. The third kappa shape index (κ3) is 4.59. The van der Waals surface area contributed by atoms with Gasteiger partial charge in [0.1, 0.15) is 5.82 Å². The van der Waals surface area contributed by atoms with Crippen molar-refractivity contribution >= 4 is 28.5 Å². The predicted octanol–water partition coefficient (Wildman–Crippen LogP) is 3.70. The fourth-order valence-electron chi connectivity index (χ4n) is 4.41. The molecule has 7 nitrogen and oxygen atoms in total. The molecule has 1 aliphatic heterocycles. The third-order valence-corrected chi connectivity index (χ3v) is 6.29. The summed E-state index contributed by atoms with van der Waals surface area (Å²) in [4.78, 5) is 34.9. The second-order valence-electron chi connectivity index (χ2n) is 8.46. The molecule has 5 rings (SSSR count). The molecular weight excluding hydrogens is 447 g/mol. The number of rotatable bonds is 5. The van der Waals surface area contributed by atoms with E-state index in [1.54, 1.807) is 34.9 Å². The van der Waals surface area contributed by atoms with Gasteiger partial charge in [-0.25, -0.2) is 14.2 Å². The Morgan fingerprint density at radius 3 is 2.31 bits per heavy atom. The van der Waals surface area contributed by atoms with Crippen LogP contribution in [0.5, 0.6) is 0 Å². The van der Waals surface area contributed by atoms with Crippen molar-refractivity contribution in [2.75, 3.05) is 43.1 Å². The Morgan fingerprint density at radius 1 is 0.943 bits per heavy atom. The van der Waals surface area contributed by atoms with E-state index in [1.807, 2.05) is 18.2 Å². The Balaban J connectivity index is 1.54. The molecule has 0 saturated carbocycles. The Hall–Kier alpha value is -4.20. The largest absolute Gasteiger partial charge is 0.465 e. The number of hydrogen-bond donors (Lipinski definition) is 0. The summed E-state index contributed by atoms with van der Waals surface area (Å²) in [6.07, 6.45) is 0. The summed E-state index contributed by atoms with van der Waals surface area (Å²) in [5, 5.41) is 0.409. The predicted molar refractivity (Wildman–Crippen MR) is 134 cm³/mol. The highest BCUT2D eigenvalue weighted by atomic mass is 19.1. The van der Waals surface area contributed by atoms with Crippen LogP contribution in [-0.2, 0) is 11.3 Å². The van der Waals surface area contributed by atoms with Crippen LogP contribution >= 0.6 is 0 Å². The van der Waals surface area contributed by atoms with Gasteiger partial charge in [0.05, 0.1) is 30.1 Å². The standard InChI is InChI=1S/C27H25FN4O3/c1-35-26(34)20-9-12-23-24(17-20)29-27(32(25(23)33)18-19-7-10-21(28)11-8-19)31-15-13-30(14-16-31)22-5-3-2-4-6-22/h2-12,17H,13-16,18H2,1H3. The van der Waals surface area contributed by atoms with Gasteiger partial charge in [-0.3, -0.25) is 9.36 Å². The van der Waals surface area contributed by atoms with Crippen LogP contribution in [0.4, 0.5) is 16.0 Å². The molecule has 4 aromatic rings. The highest BCUT2D eigenvalue weighted by Gasteiger charge is 2.23. The number of carbonyl (C=O) groups is 1. The molecule has 0 amide bonds. The average Bonchev–Trinajstić information content (AvgIpc) is 2.91. The second-order valence-corrected chi connectivity index (χ2v) is 8.46. The van der Waals surface area contributed by atoms with E-state index >= 15 is 0 Å². The first-order valence-corrected chi connectivity index (χ1v) is 11.5. The average molecular weight is 473 g/mol. The zero-order valence-corrected chi connectivity index (χ0v) is 19.4. The van der Waals surface area contributed by atoms with Crippen molar-refractivity contribution in [3.8, 4) is 0 Å². The van der Waals surface area contributed by atoms with E-state index in [9.17, 15) is 14.0 Å². The Labute approximate surface area is 202 Å². The maximum atomic E-state index is 13.6. The number of carbonyl (C=O) groups excluding carboxylic acids is 1. The van der Waals surface area contributed by atoms with E-state index in [2.05, 4.69) is 21.9 Å². The number of piperazine rings is 1. The van der Waals surface area contributed by atoms with Gasteiger partial charge in [-0.1, -0.05) is 30.3 Å². The third-order valence-electron chi connectivity index (χ3n) is 6.29. The Morgan fingerprint density at radius 2 is 1.63 bits per heavy atom. The molecule has 1 aliphatic rings. The maximum absolute atomic E-state index is 13.6. The van der Waals surface area contributed by atoms with Gasteiger partial charge in [0, 0.05) is 31.9 Å². The molecule has 0 N–H and O–H groups in total. The van der Waals surface area contributed by atoms with E-state index in [4.69, 9.17) is 9.72 Å². The molecule has 1 aromatic heterocycles. The first-order valence-electron chi connectivity index (χ1n) is 11.5. The van der Waals surface area contributed by atoms with Crippen molar-refractivity contribution in [3.05, 3.63) is 100 Å². The lowest BCUT2D eigenvalue weighted by molar-refractivity contribution is 0.0601. The van der Waals surface area contributed by atoms with Gasteiger partial charge in [0.25, 0.3) is 5.56 Å². The topological polar surface area (TPSA) is 67.7 Å². The number of aromatic nitrogens is 2. The van der Waals surface area contributed by atoms with E-state index in [-0.39, 0.29) is 17.9 Å². The van der Waals surface area contributed by atoms with Gasteiger partial charge in [-0.05, 0) is 48.0 Å². The van der Waals surface area contributed by atoms with E-state index in [0.717, 1.165) is 24.3 Å². The number of anilines is 2. The molecule has 178 valence electrons. The molecule has 0 atom stereocenters. The molecule has 35 heavy (non-hydrogen) atoms. The summed E-state index contributed by atoms with van der Waals surface area (Å²) < 4.78 is 19.9. The maximum Gasteiger partial charge on any atom is 0.337 e. The van der Waals surface area contributed by atoms with Crippen molar-refractivity contribution in [1.82, 2.24) is 9.55 Å². The van der Waals surface area contributed by atoms with E-state index < -0.39 is 5.97 Å². The van der Waals surface area contributed by atoms with Crippen LogP contribution in [-0.4, -0.2) is 48.8 Å². The quantitative estimate of drug-likeness (QED) is 0.413. The molecule has 0 radical (unpaired) electrons. The second kappa shape index (κ2) is 9.58. The van der Waals surface area contributed by atoms with Gasteiger partial charge in [0.15, 0.2) is 0 Å². The zero-order chi connectivity index (χ0) is 24.4. The van der Waals surface area contributed by atoms with Crippen LogP contribution in [0.25, 0.3) is 10.9 Å². The minimum absolute atomic E-state index is 0.212. The number of ether oxygens (including phenoxy) is 1. The molecule has 2 heterocycles. The van der Waals surface area contributed by atoms with Gasteiger partial charge < -0.3 is 14.5 Å². The zero-order valence-electron chi connectivity index (χ0n) is 19.4. The number of nitrogens with zero attached hydrogens (tertiary/aromatic N) is 4. The van der Waals surface area contributed by atoms with E-state index in [1.165, 1.54) is 19.2 Å². The van der Waals surface area contributed by atoms with Gasteiger partial charge in [-0.15, -0.1) is 0 Å². The van der Waals surface area contributed by atoms with Crippen LogP contribution in [0.2, 0.25) is 0 Å². The van der Waals surface area contributed by atoms with Gasteiger partial charge in [0.2, 0.25) is 5.95 Å². The van der Waals surface area contributed by atoms with Crippen LogP contribution in [0.1, 0.15) is 15.9 Å². The van der Waals surface area contributed by atoms with Crippen molar-refractivity contribution in [2.45, 2.75) is 6.54 Å². The lowest BCUT2D eigenvalue weighted by Crippen LogP contribution is -2.48. The molecule has 3 aromatic carbocycles. The fraction of sp³-hybridized carbons (Fsp3) is 0.222. The summed E-state index contributed by atoms with van der Waals surface area (Å²) in [6, 6.07) is 21.1. The minimum Gasteiger partial charge on any atom is -0.465 e. The van der Waals surface area contributed by atoms with Crippen molar-refractivity contribution < 1.29 is 13.9 Å². The number of fused-ring (bicyclic) bond motifs is 1. The number of para-hydroxylation sites is 1. The SMILES string of the molecule is COC(=O)c1ccc2c(=O)n(Cc3ccc(F)cc3)c(N3CCN(c4ccccc4)CC3)nc2c1. The number of halogens is 1. The highest BCUT2D eigenvalue weighted by molar-refractivity contribution is 5.94. The molecule has 8 heteroatoms. The lowest BCUT2D eigenvalue weighted by Gasteiger charge is -2.37. The summed E-state index contributed by atoms with van der Waals surface area (Å²) in [5.74, 6) is -0.283. The normalized spacial score (nSPS) is 13.8. The summed E-state index contributed by atoms with van der Waals surface area (Å²) in [7, 11) is 1.32. The summed E-state index contributed by atoms with van der Waals surface area (Å²) in [6.45, 7) is 3.16. The van der Waals surface area contributed by atoms with Crippen LogP contribution in [0.3, 0.4) is 0 Å². The smallest absolute Gasteiger partial charge is 0.337 e. The number of esters is 1. The first-order chi connectivity index (χ1) is 17.0. The molecule has 1 fully saturated rings. The van der Waals surface area contributed by atoms with Crippen LogP contribution < -0.4 is 15.4 Å². The number of benzene rings is 3. The fourth-order valence-corrected chi connectivity index (χ4v) is 4.41. The monoisotopic (exact) mass is 472 g/mol. The van der Waals surface area contributed by atoms with Crippen molar-refractivity contribution in [1.29, 1.82) is 0 Å². The first kappa shape index (κ1) is 22.6. The van der Waals surface area contributed by atoms with Crippen LogP contribution in [0, 0.1) is 5.82 Å². The van der Waals surface area contributed by atoms with Gasteiger partial charge in [-0.2, -0.15) is 0 Å². The van der Waals surface area contributed by atoms with Crippen molar-refractivity contribution in [3.63, 3.8) is 0 Å².